The van der Waals surface area contributed by atoms with Crippen LogP contribution < -0.4 is 0 Å². The van der Waals surface area contributed by atoms with E-state index in [1.807, 2.05) is 60.7 Å². The Morgan fingerprint density at radius 2 is 0.811 bits per heavy atom. The zero-order valence-electron chi connectivity index (χ0n) is 19.9. The summed E-state index contributed by atoms with van der Waals surface area (Å²) in [6, 6.07) is 44.5. The van der Waals surface area contributed by atoms with Crippen LogP contribution in [0.25, 0.3) is 62.9 Å². The second-order valence-corrected chi connectivity index (χ2v) is 12.0. The van der Waals surface area contributed by atoms with Crippen LogP contribution in [-0.2, 0) is 0 Å². The molecule has 37 heavy (non-hydrogen) atoms. The van der Waals surface area contributed by atoms with Gasteiger partial charge in [0.05, 0.1) is 0 Å². The van der Waals surface area contributed by atoms with E-state index in [1.54, 1.807) is 0 Å². The summed E-state index contributed by atoms with van der Waals surface area (Å²) in [6.07, 6.45) is 0. The van der Waals surface area contributed by atoms with Crippen molar-refractivity contribution < 1.29 is 0 Å². The third-order valence-electron chi connectivity index (χ3n) is 6.55. The molecular weight excluding hydrogens is 566 g/mol. The molecule has 0 fully saturated rings. The van der Waals surface area contributed by atoms with Crippen LogP contribution in [0.2, 0.25) is 0 Å². The Morgan fingerprint density at radius 1 is 0.351 bits per heavy atom. The fourth-order valence-electron chi connectivity index (χ4n) is 4.65. The molecule has 174 valence electrons. The van der Waals surface area contributed by atoms with Crippen LogP contribution in [-0.4, -0.2) is 35.4 Å². The van der Waals surface area contributed by atoms with E-state index < -0.39 is 0 Å². The van der Waals surface area contributed by atoms with Crippen LogP contribution in [0.1, 0.15) is 0 Å². The molecule has 5 aromatic carbocycles. The maximum absolute atomic E-state index is 4.86. The summed E-state index contributed by atoms with van der Waals surface area (Å²) in [5.41, 5.74) is 5.39. The van der Waals surface area contributed by atoms with Crippen molar-refractivity contribution in [2.24, 2.45) is 0 Å². The van der Waals surface area contributed by atoms with Crippen LogP contribution >= 0.6 is 0 Å². The van der Waals surface area contributed by atoms with Crippen LogP contribution in [0.3, 0.4) is 0 Å². The molecule has 0 spiro atoms. The van der Waals surface area contributed by atoms with Crippen LogP contribution in [0.15, 0.2) is 127 Å². The van der Waals surface area contributed by atoms with Gasteiger partial charge in [-0.1, -0.05) is 36.4 Å². The smallest absolute Gasteiger partial charge is 0.0615 e. The van der Waals surface area contributed by atoms with Crippen LogP contribution in [0.4, 0.5) is 0 Å². The third kappa shape index (κ3) is 4.25. The van der Waals surface area contributed by atoms with Crippen LogP contribution in [0, 0.1) is 0 Å². The minimum Gasteiger partial charge on any atom is -0.0615 e. The van der Waals surface area contributed by atoms with Crippen molar-refractivity contribution in [2.75, 3.05) is 0 Å². The Kier molecular flexibility index (Phi) is 5.63. The number of aromatic nitrogens is 3. The molecule has 0 aliphatic heterocycles. The number of hydrogen-bond acceptors (Lipinski definition) is 3. The Labute approximate surface area is 224 Å². The molecule has 0 bridgehead atoms. The van der Waals surface area contributed by atoms with Crippen molar-refractivity contribution in [1.29, 1.82) is 0 Å². The van der Waals surface area contributed by atoms with Crippen LogP contribution in [0.5, 0.6) is 0 Å². The maximum atomic E-state index is 4.86. The third-order valence-corrected chi connectivity index (χ3v) is 9.79. The van der Waals surface area contributed by atoms with Crippen molar-refractivity contribution in [1.82, 2.24) is 15.0 Å². The zero-order chi connectivity index (χ0) is 24.6. The van der Waals surface area contributed by atoms with Gasteiger partial charge in [0, 0.05) is 0 Å². The SMILES string of the molecule is c1ccc(-c2nc(-c3ccccc3)nc(-c3ccc(-c4ccc5c(c4)[te]c4ccccc45)cc3)n2)cc1. The fraction of sp³-hybridized carbons (Fsp3) is 0. The molecule has 0 unspecified atom stereocenters. The first kappa shape index (κ1) is 22.1. The predicted molar refractivity (Wildman–Crippen MR) is 154 cm³/mol. The molecule has 0 aliphatic rings. The van der Waals surface area contributed by atoms with E-state index in [4.69, 9.17) is 15.0 Å². The molecule has 2 aromatic heterocycles. The number of benzene rings is 5. The van der Waals surface area contributed by atoms with Gasteiger partial charge in [0.2, 0.25) is 0 Å². The summed E-state index contributed by atoms with van der Waals surface area (Å²) < 4.78 is 3.05. The summed E-state index contributed by atoms with van der Waals surface area (Å²) in [4.78, 5) is 14.5. The van der Waals surface area contributed by atoms with Gasteiger partial charge in [-0.15, -0.1) is 0 Å². The van der Waals surface area contributed by atoms with Crippen molar-refractivity contribution in [3.8, 4) is 45.3 Å². The number of hydrogen-bond donors (Lipinski definition) is 0. The zero-order valence-corrected chi connectivity index (χ0v) is 22.2. The van der Waals surface area contributed by atoms with Gasteiger partial charge >= 0.3 is 189 Å². The molecule has 2 heterocycles. The van der Waals surface area contributed by atoms with Gasteiger partial charge in [-0.3, -0.25) is 0 Å². The fourth-order valence-corrected chi connectivity index (χ4v) is 7.92. The molecule has 0 N–H and O–H groups in total. The molecule has 0 atom stereocenters. The number of rotatable bonds is 4. The molecule has 0 radical (unpaired) electrons. The quantitative estimate of drug-likeness (QED) is 0.197. The Bertz CT molecular complexity index is 1800. The molecule has 4 heteroatoms. The first-order valence-corrected chi connectivity index (χ1v) is 14.5. The van der Waals surface area contributed by atoms with Gasteiger partial charge in [-0.05, 0) is 0 Å². The standard InChI is InChI=1S/C33H21N3Te/c1-3-9-23(10-4-1)31-34-32(24-11-5-2-6-12-24)36-33(35-31)25-17-15-22(16-18-25)26-19-20-28-27-13-7-8-14-29(27)37-30(28)21-26/h1-21H. The first-order valence-electron chi connectivity index (χ1n) is 12.2. The van der Waals surface area contributed by atoms with Crippen molar-refractivity contribution in [3.05, 3.63) is 127 Å². The topological polar surface area (TPSA) is 38.7 Å². The molecule has 0 saturated carbocycles. The van der Waals surface area contributed by atoms with Gasteiger partial charge in [-0.2, -0.15) is 0 Å². The molecule has 7 aromatic rings. The molecule has 0 amide bonds. The summed E-state index contributed by atoms with van der Waals surface area (Å²) in [5, 5.41) is 2.82. The summed E-state index contributed by atoms with van der Waals surface area (Å²) in [6.45, 7) is 0. The van der Waals surface area contributed by atoms with E-state index in [1.165, 1.54) is 28.7 Å². The van der Waals surface area contributed by atoms with E-state index in [-0.39, 0.29) is 20.4 Å². The van der Waals surface area contributed by atoms with Crippen molar-refractivity contribution in [2.45, 2.75) is 0 Å². The van der Waals surface area contributed by atoms with E-state index in [2.05, 4.69) is 66.7 Å². The van der Waals surface area contributed by atoms with E-state index >= 15 is 0 Å². The molecular formula is C33H21N3Te. The van der Waals surface area contributed by atoms with E-state index in [0.29, 0.717) is 17.5 Å². The van der Waals surface area contributed by atoms with E-state index in [0.717, 1.165) is 16.7 Å². The van der Waals surface area contributed by atoms with Gasteiger partial charge in [-0.25, -0.2) is 0 Å². The van der Waals surface area contributed by atoms with E-state index in [9.17, 15) is 0 Å². The average Bonchev–Trinajstić information content (AvgIpc) is 3.36. The second-order valence-electron chi connectivity index (χ2n) is 8.92. The van der Waals surface area contributed by atoms with Gasteiger partial charge < -0.3 is 0 Å². The first-order chi connectivity index (χ1) is 18.3. The normalized spacial score (nSPS) is 11.2. The van der Waals surface area contributed by atoms with Crippen molar-refractivity contribution >= 4 is 38.0 Å². The molecule has 7 rings (SSSR count). The van der Waals surface area contributed by atoms with Gasteiger partial charge in [0.25, 0.3) is 0 Å². The Hall–Kier alpha value is -4.10. The Morgan fingerprint density at radius 3 is 1.43 bits per heavy atom. The van der Waals surface area contributed by atoms with Gasteiger partial charge in [0.15, 0.2) is 0 Å². The molecule has 0 aliphatic carbocycles. The minimum atomic E-state index is -0.333. The Balaban J connectivity index is 1.29. The predicted octanol–water partition coefficient (Wildman–Crippen LogP) is 7.90. The summed E-state index contributed by atoms with van der Waals surface area (Å²) in [5.74, 6) is 2.03. The average molecular weight is 587 g/mol. The molecule has 3 nitrogen and oxygen atoms in total. The molecule has 0 saturated heterocycles. The summed E-state index contributed by atoms with van der Waals surface area (Å²) >= 11 is -0.333. The van der Waals surface area contributed by atoms with Crippen molar-refractivity contribution in [3.63, 3.8) is 0 Å². The summed E-state index contributed by atoms with van der Waals surface area (Å²) in [7, 11) is 0. The number of nitrogens with zero attached hydrogens (tertiary/aromatic N) is 3. The second kappa shape index (κ2) is 9.41. The minimum absolute atomic E-state index is 0.333. The monoisotopic (exact) mass is 589 g/mol. The van der Waals surface area contributed by atoms with Gasteiger partial charge in [0.1, 0.15) is 0 Å². The number of fused-ring (bicyclic) bond motifs is 3.